The number of phosphoric ester groups is 1. The predicted molar refractivity (Wildman–Crippen MR) is 73.2 cm³/mol. The van der Waals surface area contributed by atoms with Crippen LogP contribution in [0.2, 0.25) is 0 Å². The molecule has 0 rings (SSSR count). The van der Waals surface area contributed by atoms with E-state index >= 15 is 0 Å². The average Bonchev–Trinajstić information content (AvgIpc) is 2.38. The van der Waals surface area contributed by atoms with Gasteiger partial charge < -0.3 is 14.4 Å². The molecule has 6 nitrogen and oxygen atoms in total. The standard InChI is InChI=1S/C12H27O6P/c1-3-7-15-9-5-11-17-19(13,14)18-12-6-10-16-8-4-2/h3-12H2,1-2H3,(H,13,14). The Morgan fingerprint density at radius 2 is 1.21 bits per heavy atom. The fourth-order valence-corrected chi connectivity index (χ4v) is 2.01. The predicted octanol–water partition coefficient (Wildman–Crippen LogP) is 2.75. The van der Waals surface area contributed by atoms with Gasteiger partial charge >= 0.3 is 7.82 Å². The van der Waals surface area contributed by atoms with Crippen LogP contribution in [0.3, 0.4) is 0 Å². The summed E-state index contributed by atoms with van der Waals surface area (Å²) in [6.07, 6.45) is 3.08. The van der Waals surface area contributed by atoms with Gasteiger partial charge in [0, 0.05) is 26.4 Å². The first-order chi connectivity index (χ1) is 9.12. The molecule has 19 heavy (non-hydrogen) atoms. The molecule has 0 unspecified atom stereocenters. The van der Waals surface area contributed by atoms with Crippen LogP contribution >= 0.6 is 7.82 Å². The quantitative estimate of drug-likeness (QED) is 0.392. The molecule has 0 heterocycles. The lowest BCUT2D eigenvalue weighted by Crippen LogP contribution is -2.04. The van der Waals surface area contributed by atoms with E-state index in [1.807, 2.05) is 13.8 Å². The van der Waals surface area contributed by atoms with Crippen LogP contribution in [-0.2, 0) is 23.1 Å². The summed E-state index contributed by atoms with van der Waals surface area (Å²) in [4.78, 5) is 9.35. The van der Waals surface area contributed by atoms with Crippen LogP contribution in [0.25, 0.3) is 0 Å². The lowest BCUT2D eigenvalue weighted by atomic mass is 10.5. The highest BCUT2D eigenvalue weighted by molar-refractivity contribution is 7.47. The third kappa shape index (κ3) is 14.3. The molecule has 0 fully saturated rings. The molecular weight excluding hydrogens is 271 g/mol. The molecule has 0 aliphatic heterocycles. The normalized spacial score (nSPS) is 11.9. The van der Waals surface area contributed by atoms with Crippen LogP contribution in [0.4, 0.5) is 0 Å². The molecule has 0 aliphatic rings. The first kappa shape index (κ1) is 19.0. The van der Waals surface area contributed by atoms with Gasteiger partial charge in [0.25, 0.3) is 0 Å². The Balaban J connectivity index is 3.39. The SMILES string of the molecule is CCCOCCCOP(=O)(O)OCCCOCCC. The molecule has 0 bridgehead atoms. The molecule has 0 aromatic heterocycles. The smallest absolute Gasteiger partial charge is 0.381 e. The van der Waals surface area contributed by atoms with Gasteiger partial charge in [0.05, 0.1) is 13.2 Å². The summed E-state index contributed by atoms with van der Waals surface area (Å²) in [7, 11) is -3.91. The van der Waals surface area contributed by atoms with E-state index in [2.05, 4.69) is 0 Å². The summed E-state index contributed by atoms with van der Waals surface area (Å²) < 4.78 is 31.5. The Labute approximate surface area is 116 Å². The first-order valence-corrected chi connectivity index (χ1v) is 8.39. The minimum absolute atomic E-state index is 0.157. The van der Waals surface area contributed by atoms with Gasteiger partial charge in [0.2, 0.25) is 0 Å². The number of hydrogen-bond donors (Lipinski definition) is 1. The molecule has 0 amide bonds. The molecule has 1 N–H and O–H groups in total. The first-order valence-electron chi connectivity index (χ1n) is 6.89. The summed E-state index contributed by atoms with van der Waals surface area (Å²) in [6, 6.07) is 0. The van der Waals surface area contributed by atoms with Crippen LogP contribution in [0.15, 0.2) is 0 Å². The highest BCUT2D eigenvalue weighted by Crippen LogP contribution is 2.43. The molecule has 0 radical (unpaired) electrons. The summed E-state index contributed by atoms with van der Waals surface area (Å²) in [6.45, 7) is 6.81. The third-order valence-corrected chi connectivity index (χ3v) is 3.09. The zero-order chi connectivity index (χ0) is 14.4. The Morgan fingerprint density at radius 3 is 1.58 bits per heavy atom. The van der Waals surface area contributed by atoms with E-state index in [-0.39, 0.29) is 13.2 Å². The average molecular weight is 298 g/mol. The van der Waals surface area contributed by atoms with E-state index in [0.717, 1.165) is 12.8 Å². The van der Waals surface area contributed by atoms with Gasteiger partial charge in [-0.15, -0.1) is 0 Å². The van der Waals surface area contributed by atoms with Gasteiger partial charge in [-0.25, -0.2) is 4.57 Å². The molecule has 7 heteroatoms. The summed E-state index contributed by atoms with van der Waals surface area (Å²) >= 11 is 0. The van der Waals surface area contributed by atoms with E-state index in [1.54, 1.807) is 0 Å². The van der Waals surface area contributed by atoms with E-state index in [0.29, 0.717) is 39.3 Å². The van der Waals surface area contributed by atoms with Crippen LogP contribution in [0.1, 0.15) is 39.5 Å². The van der Waals surface area contributed by atoms with Gasteiger partial charge in [0.1, 0.15) is 0 Å². The van der Waals surface area contributed by atoms with Crippen LogP contribution in [0, 0.1) is 0 Å². The molecule has 0 aromatic rings. The zero-order valence-electron chi connectivity index (χ0n) is 12.0. The topological polar surface area (TPSA) is 74.2 Å². The number of hydrogen-bond acceptors (Lipinski definition) is 5. The Hall–Kier alpha value is 0.0300. The van der Waals surface area contributed by atoms with Gasteiger partial charge in [-0.2, -0.15) is 0 Å². The van der Waals surface area contributed by atoms with Crippen molar-refractivity contribution in [3.05, 3.63) is 0 Å². The maximum Gasteiger partial charge on any atom is 0.472 e. The Kier molecular flexibility index (Phi) is 13.1. The van der Waals surface area contributed by atoms with Crippen molar-refractivity contribution < 1.29 is 28.0 Å². The van der Waals surface area contributed by atoms with Gasteiger partial charge in [0.15, 0.2) is 0 Å². The molecule has 0 spiro atoms. The lowest BCUT2D eigenvalue weighted by Gasteiger charge is -2.12. The van der Waals surface area contributed by atoms with Crippen molar-refractivity contribution >= 4 is 7.82 Å². The van der Waals surface area contributed by atoms with Crippen molar-refractivity contribution in [1.82, 2.24) is 0 Å². The van der Waals surface area contributed by atoms with Crippen molar-refractivity contribution in [3.8, 4) is 0 Å². The number of rotatable bonds is 14. The van der Waals surface area contributed by atoms with E-state index in [4.69, 9.17) is 18.5 Å². The fourth-order valence-electron chi connectivity index (χ4n) is 1.21. The fraction of sp³-hybridized carbons (Fsp3) is 1.00. The van der Waals surface area contributed by atoms with Gasteiger partial charge in [-0.3, -0.25) is 9.05 Å². The van der Waals surface area contributed by atoms with Crippen molar-refractivity contribution in [2.24, 2.45) is 0 Å². The molecule has 0 aliphatic carbocycles. The van der Waals surface area contributed by atoms with Crippen molar-refractivity contribution in [2.75, 3.05) is 39.6 Å². The maximum absolute atomic E-state index is 11.4. The Morgan fingerprint density at radius 1 is 0.789 bits per heavy atom. The Bertz CT molecular complexity index is 216. The minimum atomic E-state index is -3.91. The van der Waals surface area contributed by atoms with E-state index in [1.165, 1.54) is 0 Å². The molecule has 0 saturated heterocycles. The second kappa shape index (κ2) is 13.0. The lowest BCUT2D eigenvalue weighted by molar-refractivity contribution is 0.0923. The summed E-state index contributed by atoms with van der Waals surface area (Å²) in [5, 5.41) is 0. The molecule has 0 saturated carbocycles. The highest BCUT2D eigenvalue weighted by atomic mass is 31.2. The molecule has 116 valence electrons. The monoisotopic (exact) mass is 298 g/mol. The summed E-state index contributed by atoms with van der Waals surface area (Å²) in [5.74, 6) is 0. The van der Waals surface area contributed by atoms with Crippen molar-refractivity contribution in [2.45, 2.75) is 39.5 Å². The third-order valence-electron chi connectivity index (χ3n) is 2.07. The van der Waals surface area contributed by atoms with Crippen molar-refractivity contribution in [1.29, 1.82) is 0 Å². The van der Waals surface area contributed by atoms with E-state index < -0.39 is 7.82 Å². The van der Waals surface area contributed by atoms with E-state index in [9.17, 15) is 9.46 Å². The highest BCUT2D eigenvalue weighted by Gasteiger charge is 2.19. The van der Waals surface area contributed by atoms with Crippen LogP contribution in [0.5, 0.6) is 0 Å². The minimum Gasteiger partial charge on any atom is -0.381 e. The van der Waals surface area contributed by atoms with Crippen LogP contribution < -0.4 is 0 Å². The summed E-state index contributed by atoms with van der Waals surface area (Å²) in [5.41, 5.74) is 0. The van der Waals surface area contributed by atoms with Crippen molar-refractivity contribution in [3.63, 3.8) is 0 Å². The maximum atomic E-state index is 11.4. The van der Waals surface area contributed by atoms with Crippen LogP contribution in [-0.4, -0.2) is 44.5 Å². The van der Waals surface area contributed by atoms with Gasteiger partial charge in [-0.1, -0.05) is 13.8 Å². The molecular formula is C12H27O6P. The number of phosphoric acid groups is 1. The largest absolute Gasteiger partial charge is 0.472 e. The molecule has 0 atom stereocenters. The number of ether oxygens (including phenoxy) is 2. The molecule has 0 aromatic carbocycles. The zero-order valence-corrected chi connectivity index (χ0v) is 12.9. The van der Waals surface area contributed by atoms with Gasteiger partial charge in [-0.05, 0) is 25.7 Å². The second-order valence-corrected chi connectivity index (χ2v) is 5.52. The second-order valence-electron chi connectivity index (χ2n) is 4.07.